The molecule has 0 spiro atoms. The number of aliphatic carboxylic acids is 1. The third-order valence-electron chi connectivity index (χ3n) is 3.12. The number of carboxylic acids is 1. The van der Waals surface area contributed by atoms with Crippen LogP contribution in [0, 0.1) is 0 Å². The van der Waals surface area contributed by atoms with Gasteiger partial charge in [0.05, 0.1) is 18.8 Å². The van der Waals surface area contributed by atoms with Crippen molar-refractivity contribution in [3.8, 4) is 0 Å². The van der Waals surface area contributed by atoms with Crippen LogP contribution in [0.15, 0.2) is 0 Å². The molecular weight excluding hydrogens is 248 g/mol. The molecule has 0 bridgehead atoms. The van der Waals surface area contributed by atoms with Crippen molar-refractivity contribution in [1.29, 1.82) is 0 Å². The van der Waals surface area contributed by atoms with Gasteiger partial charge in [-0.05, 0) is 34.1 Å². The van der Waals surface area contributed by atoms with Gasteiger partial charge < -0.3 is 20.1 Å². The molecule has 0 aromatic rings. The number of nitrogens with zero attached hydrogens (tertiary/aromatic N) is 1. The number of ether oxygens (including phenoxy) is 1. The number of hydrogen-bond donors (Lipinski definition) is 2. The first-order chi connectivity index (χ1) is 8.61. The predicted molar refractivity (Wildman–Crippen MR) is 71.1 cm³/mol. The Hall–Kier alpha value is -1.30. The van der Waals surface area contributed by atoms with Gasteiger partial charge in [0.25, 0.3) is 0 Å². The van der Waals surface area contributed by atoms with Gasteiger partial charge in [0.2, 0.25) is 0 Å². The van der Waals surface area contributed by atoms with E-state index in [4.69, 9.17) is 9.84 Å². The van der Waals surface area contributed by atoms with Crippen LogP contribution in [-0.2, 0) is 9.53 Å². The summed E-state index contributed by atoms with van der Waals surface area (Å²) in [5, 5.41) is 11.6. The van der Waals surface area contributed by atoms with Crippen LogP contribution in [0.5, 0.6) is 0 Å². The number of hydrogen-bond acceptors (Lipinski definition) is 3. The topological polar surface area (TPSA) is 78.9 Å². The van der Waals surface area contributed by atoms with E-state index in [9.17, 15) is 9.59 Å². The molecule has 0 aromatic carbocycles. The van der Waals surface area contributed by atoms with E-state index in [0.29, 0.717) is 26.1 Å². The van der Waals surface area contributed by atoms with Crippen LogP contribution >= 0.6 is 0 Å². The zero-order valence-electron chi connectivity index (χ0n) is 12.2. The van der Waals surface area contributed by atoms with Crippen molar-refractivity contribution >= 4 is 12.0 Å². The zero-order valence-corrected chi connectivity index (χ0v) is 12.2. The van der Waals surface area contributed by atoms with E-state index in [-0.39, 0.29) is 18.1 Å². The second kappa shape index (κ2) is 5.77. The molecule has 1 rings (SSSR count). The fourth-order valence-corrected chi connectivity index (χ4v) is 2.04. The molecule has 1 heterocycles. The Balaban J connectivity index is 2.51. The maximum absolute atomic E-state index is 12.2. The third-order valence-corrected chi connectivity index (χ3v) is 3.12. The van der Waals surface area contributed by atoms with Gasteiger partial charge in [-0.2, -0.15) is 0 Å². The number of carbonyl (C=O) groups is 2. The minimum atomic E-state index is -0.852. The van der Waals surface area contributed by atoms with Crippen molar-refractivity contribution in [2.24, 2.45) is 0 Å². The summed E-state index contributed by atoms with van der Waals surface area (Å²) in [5.41, 5.74) is -0.862. The zero-order chi connectivity index (χ0) is 14.7. The number of urea groups is 1. The lowest BCUT2D eigenvalue weighted by molar-refractivity contribution is -0.137. The van der Waals surface area contributed by atoms with Crippen LogP contribution in [0.4, 0.5) is 4.79 Å². The molecule has 0 aromatic heterocycles. The smallest absolute Gasteiger partial charge is 0.317 e. The van der Waals surface area contributed by atoms with Crippen molar-refractivity contribution in [3.05, 3.63) is 0 Å². The molecule has 0 saturated carbocycles. The molecule has 0 aliphatic carbocycles. The van der Waals surface area contributed by atoms with Gasteiger partial charge >= 0.3 is 12.0 Å². The summed E-state index contributed by atoms with van der Waals surface area (Å²) in [6, 6.07) is -0.160. The van der Waals surface area contributed by atoms with E-state index >= 15 is 0 Å². The molecule has 0 unspecified atom stereocenters. The number of carbonyl (C=O) groups excluding carboxylic acids is 1. The lowest BCUT2D eigenvalue weighted by atomic mass is 9.98. The molecule has 1 fully saturated rings. The summed E-state index contributed by atoms with van der Waals surface area (Å²) in [4.78, 5) is 24.5. The average Bonchev–Trinajstić information content (AvgIpc) is 2.24. The first-order valence-electron chi connectivity index (χ1n) is 6.54. The first-order valence-corrected chi connectivity index (χ1v) is 6.54. The van der Waals surface area contributed by atoms with E-state index in [1.54, 1.807) is 4.90 Å². The van der Waals surface area contributed by atoms with Gasteiger partial charge in [0, 0.05) is 18.5 Å². The minimum Gasteiger partial charge on any atom is -0.481 e. The number of carboxylic acid groups (broad SMARTS) is 1. The highest BCUT2D eigenvalue weighted by Gasteiger charge is 2.32. The van der Waals surface area contributed by atoms with Crippen molar-refractivity contribution in [2.75, 3.05) is 19.7 Å². The largest absolute Gasteiger partial charge is 0.481 e. The average molecular weight is 272 g/mol. The predicted octanol–water partition coefficient (Wildman–Crippen LogP) is 1.45. The first kappa shape index (κ1) is 15.8. The second-order valence-electron chi connectivity index (χ2n) is 6.24. The minimum absolute atomic E-state index is 0.0435. The fourth-order valence-electron chi connectivity index (χ4n) is 2.04. The normalized spacial score (nSPS) is 19.1. The molecule has 0 radical (unpaired) electrons. The summed E-state index contributed by atoms with van der Waals surface area (Å²) in [6.07, 6.45) is 0.448. The standard InChI is InChI=1S/C13H24N2O4/c1-12(2,6-5-10(16)17)14-11(18)15-7-8-19-13(3,4)9-15/h5-9H2,1-4H3,(H,14,18)(H,16,17). The summed E-state index contributed by atoms with van der Waals surface area (Å²) >= 11 is 0. The Morgan fingerprint density at radius 3 is 2.58 bits per heavy atom. The van der Waals surface area contributed by atoms with Crippen LogP contribution < -0.4 is 5.32 Å². The highest BCUT2D eigenvalue weighted by Crippen LogP contribution is 2.18. The van der Waals surface area contributed by atoms with Crippen LogP contribution in [0.1, 0.15) is 40.5 Å². The molecule has 2 N–H and O–H groups in total. The third kappa shape index (κ3) is 5.46. The van der Waals surface area contributed by atoms with Gasteiger partial charge in [-0.1, -0.05) is 0 Å². The van der Waals surface area contributed by atoms with E-state index in [1.807, 2.05) is 27.7 Å². The summed E-state index contributed by atoms with van der Waals surface area (Å²) in [6.45, 7) is 9.18. The molecule has 6 heteroatoms. The van der Waals surface area contributed by atoms with E-state index in [1.165, 1.54) is 0 Å². The Bertz CT molecular complexity index is 353. The van der Waals surface area contributed by atoms with E-state index in [0.717, 1.165) is 0 Å². The van der Waals surface area contributed by atoms with Gasteiger partial charge in [0.1, 0.15) is 0 Å². The highest BCUT2D eigenvalue weighted by molar-refractivity contribution is 5.75. The van der Waals surface area contributed by atoms with Gasteiger partial charge in [-0.3, -0.25) is 4.79 Å². The van der Waals surface area contributed by atoms with Crippen LogP contribution in [0.3, 0.4) is 0 Å². The number of amides is 2. The number of nitrogens with one attached hydrogen (secondary N) is 1. The van der Waals surface area contributed by atoms with E-state index < -0.39 is 11.5 Å². The second-order valence-corrected chi connectivity index (χ2v) is 6.24. The maximum Gasteiger partial charge on any atom is 0.317 e. The fraction of sp³-hybridized carbons (Fsp3) is 0.846. The van der Waals surface area contributed by atoms with Crippen LogP contribution in [0.2, 0.25) is 0 Å². The van der Waals surface area contributed by atoms with Gasteiger partial charge in [0.15, 0.2) is 0 Å². The molecule has 2 amide bonds. The van der Waals surface area contributed by atoms with Gasteiger partial charge in [-0.15, -0.1) is 0 Å². The van der Waals surface area contributed by atoms with Crippen molar-refractivity contribution in [3.63, 3.8) is 0 Å². The Morgan fingerprint density at radius 1 is 1.42 bits per heavy atom. The lowest BCUT2D eigenvalue weighted by Gasteiger charge is -2.39. The Morgan fingerprint density at radius 2 is 2.05 bits per heavy atom. The molecule has 1 saturated heterocycles. The number of morpholine rings is 1. The number of rotatable bonds is 4. The highest BCUT2D eigenvalue weighted by atomic mass is 16.5. The van der Waals surface area contributed by atoms with Crippen LogP contribution in [0.25, 0.3) is 0 Å². The van der Waals surface area contributed by atoms with Crippen molar-refractivity contribution in [1.82, 2.24) is 10.2 Å². The molecule has 1 aliphatic heterocycles. The van der Waals surface area contributed by atoms with Crippen molar-refractivity contribution in [2.45, 2.75) is 51.7 Å². The summed E-state index contributed by atoms with van der Waals surface area (Å²) in [7, 11) is 0. The quantitative estimate of drug-likeness (QED) is 0.812. The summed E-state index contributed by atoms with van der Waals surface area (Å²) < 4.78 is 5.56. The van der Waals surface area contributed by atoms with Crippen LogP contribution in [-0.4, -0.2) is 52.8 Å². The summed E-state index contributed by atoms with van der Waals surface area (Å²) in [5.74, 6) is -0.852. The lowest BCUT2D eigenvalue weighted by Crippen LogP contribution is -2.57. The molecule has 1 aliphatic rings. The molecule has 0 atom stereocenters. The molecule has 6 nitrogen and oxygen atoms in total. The molecule has 110 valence electrons. The Labute approximate surface area is 114 Å². The molecular formula is C13H24N2O4. The van der Waals surface area contributed by atoms with E-state index in [2.05, 4.69) is 5.32 Å². The maximum atomic E-state index is 12.2. The van der Waals surface area contributed by atoms with Gasteiger partial charge in [-0.25, -0.2) is 4.79 Å². The SMILES string of the molecule is CC(C)(CCC(=O)O)NC(=O)N1CCOC(C)(C)C1. The van der Waals surface area contributed by atoms with Crippen molar-refractivity contribution < 1.29 is 19.4 Å². The molecule has 19 heavy (non-hydrogen) atoms. The Kier molecular flexibility index (Phi) is 4.79. The monoisotopic (exact) mass is 272 g/mol.